The molecule has 3 aromatic rings. The minimum absolute atomic E-state index is 0.0640. The summed E-state index contributed by atoms with van der Waals surface area (Å²) >= 11 is 0.741. The number of rotatable bonds is 4. The Morgan fingerprint density at radius 1 is 1.13 bits per heavy atom. The van der Waals surface area contributed by atoms with Crippen molar-refractivity contribution in [2.24, 2.45) is 0 Å². The van der Waals surface area contributed by atoms with E-state index in [1.807, 2.05) is 0 Å². The van der Waals surface area contributed by atoms with E-state index in [2.05, 4.69) is 0 Å². The van der Waals surface area contributed by atoms with Gasteiger partial charge in [0.25, 0.3) is 16.8 Å². The highest BCUT2D eigenvalue weighted by Crippen LogP contribution is 2.38. The summed E-state index contributed by atoms with van der Waals surface area (Å²) in [4.78, 5) is 37.0. The summed E-state index contributed by atoms with van der Waals surface area (Å²) in [6.45, 7) is 1.76. The Kier molecular flexibility index (Phi) is 4.88. The number of nitro benzene ring substituents is 1. The molecule has 0 atom stereocenters. The van der Waals surface area contributed by atoms with E-state index < -0.39 is 16.1 Å². The average Bonchev–Trinajstić information content (AvgIpc) is 3.26. The molecule has 1 saturated heterocycles. The first-order valence-electron chi connectivity index (χ1n) is 8.76. The smallest absolute Gasteiger partial charge is 0.298 e. The van der Waals surface area contributed by atoms with Crippen LogP contribution in [0.4, 0.5) is 16.2 Å². The fourth-order valence-corrected chi connectivity index (χ4v) is 3.85. The van der Waals surface area contributed by atoms with Crippen molar-refractivity contribution in [3.8, 4) is 17.1 Å². The van der Waals surface area contributed by atoms with Crippen LogP contribution in [0.1, 0.15) is 11.3 Å². The number of furan rings is 1. The summed E-state index contributed by atoms with van der Waals surface area (Å²) in [5.74, 6) is -0.0535. The monoisotopic (exact) mass is 422 g/mol. The molecule has 0 bridgehead atoms. The molecule has 1 aliphatic rings. The maximum absolute atomic E-state index is 12.7. The van der Waals surface area contributed by atoms with Crippen LogP contribution in [0.5, 0.6) is 5.75 Å². The molecule has 0 aliphatic carbocycles. The van der Waals surface area contributed by atoms with E-state index in [1.54, 1.807) is 37.3 Å². The van der Waals surface area contributed by atoms with E-state index in [-0.39, 0.29) is 33.5 Å². The maximum atomic E-state index is 12.7. The molecule has 9 heteroatoms. The molecule has 0 radical (unpaired) electrons. The van der Waals surface area contributed by atoms with Gasteiger partial charge in [0, 0.05) is 18.2 Å². The van der Waals surface area contributed by atoms with Crippen LogP contribution >= 0.6 is 11.8 Å². The number of phenolic OH excluding ortho intramolecular Hbond substituents is 1. The molecule has 1 fully saturated rings. The topological polar surface area (TPSA) is 114 Å². The number of imide groups is 1. The predicted octanol–water partition coefficient (Wildman–Crippen LogP) is 5.11. The number of nitro groups is 1. The van der Waals surface area contributed by atoms with Gasteiger partial charge in [-0.2, -0.15) is 0 Å². The Bertz CT molecular complexity index is 1230. The third-order valence-electron chi connectivity index (χ3n) is 4.40. The number of thioether (sulfide) groups is 1. The lowest BCUT2D eigenvalue weighted by atomic mass is 10.1. The van der Waals surface area contributed by atoms with E-state index >= 15 is 0 Å². The number of anilines is 1. The lowest BCUT2D eigenvalue weighted by Crippen LogP contribution is -2.27. The van der Waals surface area contributed by atoms with E-state index in [0.29, 0.717) is 5.56 Å². The first-order chi connectivity index (χ1) is 14.3. The first-order valence-corrected chi connectivity index (χ1v) is 9.57. The highest BCUT2D eigenvalue weighted by molar-refractivity contribution is 8.19. The second kappa shape index (κ2) is 7.53. The van der Waals surface area contributed by atoms with Crippen molar-refractivity contribution >= 4 is 40.4 Å². The predicted molar refractivity (Wildman–Crippen MR) is 112 cm³/mol. The highest BCUT2D eigenvalue weighted by Gasteiger charge is 2.36. The Morgan fingerprint density at radius 2 is 1.93 bits per heavy atom. The summed E-state index contributed by atoms with van der Waals surface area (Å²) in [5.41, 5.74) is 1.24. The standard InChI is InChI=1S/C21H14N2O6S/c1-12-5-7-16(17(9-12)23(27)28)18-8-6-15(29-18)11-19-20(25)22(21(26)30-19)13-3-2-4-14(24)10-13/h2-11,24H,1H3. The normalized spacial score (nSPS) is 15.2. The van der Waals surface area contributed by atoms with Gasteiger partial charge in [0.15, 0.2) is 0 Å². The largest absolute Gasteiger partial charge is 0.508 e. The van der Waals surface area contributed by atoms with Crippen molar-refractivity contribution < 1.29 is 24.0 Å². The van der Waals surface area contributed by atoms with E-state index in [1.165, 1.54) is 30.3 Å². The van der Waals surface area contributed by atoms with Crippen molar-refractivity contribution in [3.05, 3.63) is 80.9 Å². The number of aromatic hydroxyl groups is 1. The molecule has 1 aromatic heterocycles. The number of nitrogens with zero attached hydrogens (tertiary/aromatic N) is 2. The van der Waals surface area contributed by atoms with Gasteiger partial charge in [-0.05, 0) is 54.6 Å². The van der Waals surface area contributed by atoms with Gasteiger partial charge in [0.2, 0.25) is 0 Å². The molecule has 2 aromatic carbocycles. The molecule has 2 heterocycles. The summed E-state index contributed by atoms with van der Waals surface area (Å²) in [5, 5.41) is 20.5. The molecule has 0 saturated carbocycles. The lowest BCUT2D eigenvalue weighted by molar-refractivity contribution is -0.384. The minimum atomic E-state index is -0.546. The van der Waals surface area contributed by atoms with Crippen molar-refractivity contribution in [2.45, 2.75) is 6.92 Å². The molecule has 4 rings (SSSR count). The minimum Gasteiger partial charge on any atom is -0.508 e. The number of aryl methyl sites for hydroxylation is 1. The van der Waals surface area contributed by atoms with Crippen molar-refractivity contribution in [1.82, 2.24) is 0 Å². The molecular formula is C21H14N2O6S. The van der Waals surface area contributed by atoms with Crippen LogP contribution in [0.25, 0.3) is 17.4 Å². The molecule has 30 heavy (non-hydrogen) atoms. The van der Waals surface area contributed by atoms with Gasteiger partial charge >= 0.3 is 0 Å². The fraction of sp³-hybridized carbons (Fsp3) is 0.0476. The Hall–Kier alpha value is -3.85. The van der Waals surface area contributed by atoms with Crippen LogP contribution in [0.3, 0.4) is 0 Å². The van der Waals surface area contributed by atoms with Crippen molar-refractivity contribution in [3.63, 3.8) is 0 Å². The molecule has 1 aliphatic heterocycles. The molecule has 1 N–H and O–H groups in total. The summed E-state index contributed by atoms with van der Waals surface area (Å²) < 4.78 is 5.69. The number of hydrogen-bond acceptors (Lipinski definition) is 7. The van der Waals surface area contributed by atoms with Crippen LogP contribution in [-0.2, 0) is 4.79 Å². The van der Waals surface area contributed by atoms with Gasteiger partial charge in [-0.1, -0.05) is 12.1 Å². The Labute approximate surface area is 174 Å². The molecular weight excluding hydrogens is 408 g/mol. The molecule has 8 nitrogen and oxygen atoms in total. The third-order valence-corrected chi connectivity index (χ3v) is 5.27. The first kappa shape index (κ1) is 19.5. The van der Waals surface area contributed by atoms with E-state index in [9.17, 15) is 24.8 Å². The van der Waals surface area contributed by atoms with Gasteiger partial charge in [-0.3, -0.25) is 19.7 Å². The van der Waals surface area contributed by atoms with Crippen molar-refractivity contribution in [2.75, 3.05) is 4.90 Å². The van der Waals surface area contributed by atoms with Crippen LogP contribution in [0, 0.1) is 17.0 Å². The fourth-order valence-electron chi connectivity index (χ4n) is 3.03. The quantitative estimate of drug-likeness (QED) is 0.353. The van der Waals surface area contributed by atoms with Crippen LogP contribution in [0.15, 0.2) is 63.9 Å². The van der Waals surface area contributed by atoms with E-state index in [0.717, 1.165) is 22.2 Å². The third kappa shape index (κ3) is 3.58. The summed E-state index contributed by atoms with van der Waals surface area (Å²) in [6.07, 6.45) is 1.41. The second-order valence-electron chi connectivity index (χ2n) is 6.52. The van der Waals surface area contributed by atoms with Gasteiger partial charge in [-0.15, -0.1) is 0 Å². The van der Waals surface area contributed by atoms with Gasteiger partial charge in [0.1, 0.15) is 17.3 Å². The van der Waals surface area contributed by atoms with Crippen LogP contribution in [-0.4, -0.2) is 21.2 Å². The molecule has 0 unspecified atom stereocenters. The average molecular weight is 422 g/mol. The number of carbonyl (C=O) groups is 2. The SMILES string of the molecule is Cc1ccc(-c2ccc(C=C3SC(=O)N(c4cccc(O)c4)C3=O)o2)c([N+](=O)[O-])c1. The second-order valence-corrected chi connectivity index (χ2v) is 7.51. The zero-order valence-corrected chi connectivity index (χ0v) is 16.4. The zero-order valence-electron chi connectivity index (χ0n) is 15.6. The molecule has 0 spiro atoms. The highest BCUT2D eigenvalue weighted by atomic mass is 32.2. The van der Waals surface area contributed by atoms with Gasteiger partial charge in [-0.25, -0.2) is 4.90 Å². The summed E-state index contributed by atoms with van der Waals surface area (Å²) in [7, 11) is 0. The Morgan fingerprint density at radius 3 is 2.67 bits per heavy atom. The Balaban J connectivity index is 1.65. The zero-order chi connectivity index (χ0) is 21.4. The van der Waals surface area contributed by atoms with Crippen LogP contribution in [0.2, 0.25) is 0 Å². The van der Waals surface area contributed by atoms with Gasteiger partial charge < -0.3 is 9.52 Å². The number of hydrogen-bond donors (Lipinski definition) is 1. The van der Waals surface area contributed by atoms with E-state index in [4.69, 9.17) is 4.42 Å². The maximum Gasteiger partial charge on any atom is 0.298 e. The number of amides is 2. The number of benzene rings is 2. The number of carbonyl (C=O) groups excluding carboxylic acids is 2. The van der Waals surface area contributed by atoms with Crippen molar-refractivity contribution in [1.29, 1.82) is 0 Å². The van der Waals surface area contributed by atoms with Gasteiger partial charge in [0.05, 0.1) is 21.1 Å². The summed E-state index contributed by atoms with van der Waals surface area (Å²) in [6, 6.07) is 13.8. The van der Waals surface area contributed by atoms with Crippen LogP contribution < -0.4 is 4.90 Å². The lowest BCUT2D eigenvalue weighted by Gasteiger charge is -2.12. The molecule has 2 amide bonds. The molecule has 150 valence electrons. The number of phenols is 1.